The van der Waals surface area contributed by atoms with Gasteiger partial charge >= 0.3 is 0 Å². The number of nitrogens with zero attached hydrogens (tertiary/aromatic N) is 1. The zero-order chi connectivity index (χ0) is 23.6. The molecule has 0 aliphatic rings. The summed E-state index contributed by atoms with van der Waals surface area (Å²) in [7, 11) is 0. The molecule has 172 valence electrons. The Morgan fingerprint density at radius 3 is 2.67 bits per heavy atom. The number of hydrogen-bond acceptors (Lipinski definition) is 5. The van der Waals surface area contributed by atoms with Crippen LogP contribution in [0.4, 0.5) is 5.69 Å². The molecule has 3 rings (SSSR count). The van der Waals surface area contributed by atoms with Gasteiger partial charge in [-0.3, -0.25) is 9.59 Å². The maximum absolute atomic E-state index is 12.2. The molecule has 0 spiro atoms. The Morgan fingerprint density at radius 1 is 1.18 bits per heavy atom. The SMILES string of the molecule is CCC(C)C(=O)Nc1cccc(CNC(=O)/C=C/c2ccc(OCc3csc(C)n3)cc2)c1. The average Bonchev–Trinajstić information content (AvgIpc) is 3.25. The first-order chi connectivity index (χ1) is 15.9. The van der Waals surface area contributed by atoms with E-state index < -0.39 is 0 Å². The van der Waals surface area contributed by atoms with Gasteiger partial charge in [-0.1, -0.05) is 38.1 Å². The summed E-state index contributed by atoms with van der Waals surface area (Å²) in [5.41, 5.74) is 3.46. The number of rotatable bonds is 10. The van der Waals surface area contributed by atoms with Crippen LogP contribution in [0.1, 0.15) is 42.1 Å². The summed E-state index contributed by atoms with van der Waals surface area (Å²) in [6.45, 7) is 6.66. The van der Waals surface area contributed by atoms with Crippen molar-refractivity contribution in [2.45, 2.75) is 40.3 Å². The topological polar surface area (TPSA) is 80.3 Å². The molecule has 33 heavy (non-hydrogen) atoms. The Hall–Kier alpha value is -3.45. The highest BCUT2D eigenvalue weighted by Crippen LogP contribution is 2.16. The molecule has 3 aromatic rings. The maximum atomic E-state index is 12.2. The number of hydrogen-bond donors (Lipinski definition) is 2. The van der Waals surface area contributed by atoms with E-state index in [1.807, 2.05) is 74.7 Å². The first kappa shape index (κ1) is 24.2. The zero-order valence-electron chi connectivity index (χ0n) is 19.1. The molecular weight excluding hydrogens is 434 g/mol. The second-order valence-electron chi connectivity index (χ2n) is 7.77. The molecule has 2 aromatic carbocycles. The van der Waals surface area contributed by atoms with Crippen LogP contribution in [0.2, 0.25) is 0 Å². The Morgan fingerprint density at radius 2 is 1.97 bits per heavy atom. The summed E-state index contributed by atoms with van der Waals surface area (Å²) < 4.78 is 5.74. The number of carbonyl (C=O) groups excluding carboxylic acids is 2. The molecule has 0 saturated carbocycles. The second-order valence-corrected chi connectivity index (χ2v) is 8.83. The van der Waals surface area contributed by atoms with Gasteiger partial charge in [0, 0.05) is 29.6 Å². The van der Waals surface area contributed by atoms with E-state index in [1.54, 1.807) is 17.4 Å². The van der Waals surface area contributed by atoms with E-state index in [9.17, 15) is 9.59 Å². The van der Waals surface area contributed by atoms with Crippen molar-refractivity contribution in [3.05, 3.63) is 81.8 Å². The number of anilines is 1. The summed E-state index contributed by atoms with van der Waals surface area (Å²) in [5, 5.41) is 8.79. The van der Waals surface area contributed by atoms with Gasteiger partial charge in [-0.2, -0.15) is 0 Å². The molecule has 0 bridgehead atoms. The van der Waals surface area contributed by atoms with E-state index in [4.69, 9.17) is 4.74 Å². The minimum atomic E-state index is -0.191. The fourth-order valence-corrected chi connectivity index (χ4v) is 3.53. The zero-order valence-corrected chi connectivity index (χ0v) is 19.9. The lowest BCUT2D eigenvalue weighted by Gasteiger charge is -2.11. The molecule has 0 saturated heterocycles. The third-order valence-corrected chi connectivity index (χ3v) is 5.90. The first-order valence-electron chi connectivity index (χ1n) is 10.9. The third kappa shape index (κ3) is 7.88. The molecule has 1 atom stereocenters. The van der Waals surface area contributed by atoms with Gasteiger partial charge in [-0.15, -0.1) is 11.3 Å². The number of benzene rings is 2. The standard InChI is InChI=1S/C26H29N3O3S/c1-4-18(2)26(31)29-22-7-5-6-21(14-22)15-27-25(30)13-10-20-8-11-24(12-9-20)32-16-23-17-33-19(3)28-23/h5-14,17-18H,4,15-16H2,1-3H3,(H,27,30)(H,29,31)/b13-10+. The molecule has 1 heterocycles. The van der Waals surface area contributed by atoms with Gasteiger partial charge in [0.25, 0.3) is 0 Å². The summed E-state index contributed by atoms with van der Waals surface area (Å²) >= 11 is 1.60. The van der Waals surface area contributed by atoms with E-state index in [1.165, 1.54) is 6.08 Å². The molecule has 0 aliphatic carbocycles. The summed E-state index contributed by atoms with van der Waals surface area (Å²) in [6.07, 6.45) is 4.05. The Labute approximate surface area is 198 Å². The van der Waals surface area contributed by atoms with Crippen LogP contribution >= 0.6 is 11.3 Å². The number of nitrogens with one attached hydrogen (secondary N) is 2. The summed E-state index contributed by atoms with van der Waals surface area (Å²) in [6, 6.07) is 15.0. The highest BCUT2D eigenvalue weighted by molar-refractivity contribution is 7.09. The van der Waals surface area contributed by atoms with Crippen molar-refractivity contribution in [3.63, 3.8) is 0 Å². The molecule has 2 N–H and O–H groups in total. The average molecular weight is 464 g/mol. The minimum Gasteiger partial charge on any atom is -0.487 e. The fourth-order valence-electron chi connectivity index (χ4n) is 2.94. The molecule has 0 aliphatic heterocycles. The summed E-state index contributed by atoms with van der Waals surface area (Å²) in [5.74, 6) is 0.517. The number of amides is 2. The normalized spacial score (nSPS) is 11.8. The van der Waals surface area contributed by atoms with Gasteiger partial charge in [0.15, 0.2) is 0 Å². The van der Waals surface area contributed by atoms with Gasteiger partial charge in [0.1, 0.15) is 12.4 Å². The van der Waals surface area contributed by atoms with Gasteiger partial charge < -0.3 is 15.4 Å². The van der Waals surface area contributed by atoms with Crippen LogP contribution in [0.25, 0.3) is 6.08 Å². The van der Waals surface area contributed by atoms with E-state index in [0.29, 0.717) is 13.2 Å². The highest BCUT2D eigenvalue weighted by atomic mass is 32.1. The lowest BCUT2D eigenvalue weighted by Crippen LogP contribution is -2.21. The van der Waals surface area contributed by atoms with Gasteiger partial charge in [-0.25, -0.2) is 4.98 Å². The number of thiazole rings is 1. The molecular formula is C26H29N3O3S. The largest absolute Gasteiger partial charge is 0.487 e. The van der Waals surface area contributed by atoms with Crippen molar-refractivity contribution in [3.8, 4) is 5.75 Å². The molecule has 1 aromatic heterocycles. The number of carbonyl (C=O) groups is 2. The Balaban J connectivity index is 1.46. The molecule has 6 nitrogen and oxygen atoms in total. The third-order valence-electron chi connectivity index (χ3n) is 5.08. The number of aromatic nitrogens is 1. The Kier molecular flexibility index (Phi) is 8.78. The fraction of sp³-hybridized carbons (Fsp3) is 0.269. The monoisotopic (exact) mass is 463 g/mol. The predicted octanol–water partition coefficient (Wildman–Crippen LogP) is 5.34. The van der Waals surface area contributed by atoms with Crippen LogP contribution in [0.5, 0.6) is 5.75 Å². The predicted molar refractivity (Wildman–Crippen MR) is 133 cm³/mol. The lowest BCUT2D eigenvalue weighted by atomic mass is 10.1. The molecule has 0 radical (unpaired) electrons. The van der Waals surface area contributed by atoms with Crippen LogP contribution < -0.4 is 15.4 Å². The van der Waals surface area contributed by atoms with Crippen molar-refractivity contribution < 1.29 is 14.3 Å². The molecule has 1 unspecified atom stereocenters. The molecule has 2 amide bonds. The van der Waals surface area contributed by atoms with Gasteiger partial charge in [0.2, 0.25) is 11.8 Å². The smallest absolute Gasteiger partial charge is 0.244 e. The van der Waals surface area contributed by atoms with Crippen LogP contribution in [-0.2, 0) is 22.7 Å². The van der Waals surface area contributed by atoms with Crippen molar-refractivity contribution in [2.75, 3.05) is 5.32 Å². The molecule has 0 fully saturated rings. The van der Waals surface area contributed by atoms with E-state index in [-0.39, 0.29) is 17.7 Å². The van der Waals surface area contributed by atoms with E-state index in [0.717, 1.165) is 39.7 Å². The summed E-state index contributed by atoms with van der Waals surface area (Å²) in [4.78, 5) is 28.7. The van der Waals surface area contributed by atoms with Crippen molar-refractivity contribution in [2.24, 2.45) is 5.92 Å². The number of aryl methyl sites for hydroxylation is 1. The van der Waals surface area contributed by atoms with Crippen LogP contribution in [0, 0.1) is 12.8 Å². The maximum Gasteiger partial charge on any atom is 0.244 e. The van der Waals surface area contributed by atoms with Crippen molar-refractivity contribution >= 4 is 34.9 Å². The van der Waals surface area contributed by atoms with Crippen LogP contribution in [0.3, 0.4) is 0 Å². The van der Waals surface area contributed by atoms with Gasteiger partial charge in [0.05, 0.1) is 10.7 Å². The highest BCUT2D eigenvalue weighted by Gasteiger charge is 2.10. The van der Waals surface area contributed by atoms with Crippen LogP contribution in [0.15, 0.2) is 60.0 Å². The minimum absolute atomic E-state index is 0.00346. The Bertz CT molecular complexity index is 1110. The second kappa shape index (κ2) is 12.0. The first-order valence-corrected chi connectivity index (χ1v) is 11.8. The lowest BCUT2D eigenvalue weighted by molar-refractivity contribution is -0.119. The van der Waals surface area contributed by atoms with Crippen molar-refractivity contribution in [1.82, 2.24) is 10.3 Å². The number of ether oxygens (including phenoxy) is 1. The van der Waals surface area contributed by atoms with Crippen LogP contribution in [-0.4, -0.2) is 16.8 Å². The van der Waals surface area contributed by atoms with Crippen molar-refractivity contribution in [1.29, 1.82) is 0 Å². The quantitative estimate of drug-likeness (QED) is 0.398. The van der Waals surface area contributed by atoms with E-state index in [2.05, 4.69) is 15.6 Å². The van der Waals surface area contributed by atoms with Gasteiger partial charge in [-0.05, 0) is 54.8 Å². The van der Waals surface area contributed by atoms with E-state index >= 15 is 0 Å². The molecule has 7 heteroatoms.